The number of hydrogen-bond acceptors (Lipinski definition) is 22. The van der Waals surface area contributed by atoms with Crippen LogP contribution in [-0.2, 0) is 52.2 Å². The van der Waals surface area contributed by atoms with Crippen molar-refractivity contribution in [2.45, 2.75) is 123 Å². The normalized spacial score (nSPS) is 51.3. The standard InChI is InChI=1S/C25H42O22S/c1-48(37,38)39-5-9-18(13(32)16(35)24(43-9)45-17-7(3-27)40-22(36)14(33)12(17)31)46-25-21-20(44-21)19(8(4-28)42-25)47-23-15(34)11(30)10(29)6(2-26)41-23/h6-36H,2-5H2,1H3/t6-,7-,8-,9-,10-,11+,12-,13-,14-,15-,16-,17-,18-,19-,20+,21+,22+,23-,24-,25-/m1/s1. The summed E-state index contributed by atoms with van der Waals surface area (Å²) in [5.74, 6) is 0. The van der Waals surface area contributed by atoms with Crippen LogP contribution < -0.4 is 0 Å². The molecule has 0 amide bonds. The first-order valence-electron chi connectivity index (χ1n) is 14.9. The van der Waals surface area contributed by atoms with E-state index in [9.17, 15) is 64.6 Å². The lowest BCUT2D eigenvalue weighted by Crippen LogP contribution is -2.65. The molecule has 23 heteroatoms. The summed E-state index contributed by atoms with van der Waals surface area (Å²) < 4.78 is 73.1. The Balaban J connectivity index is 1.28. The van der Waals surface area contributed by atoms with Crippen molar-refractivity contribution in [2.75, 3.05) is 32.7 Å². The predicted octanol–water partition coefficient (Wildman–Crippen LogP) is -8.72. The Labute approximate surface area is 272 Å². The molecule has 0 bridgehead atoms. The van der Waals surface area contributed by atoms with E-state index in [-0.39, 0.29) is 0 Å². The molecule has 5 saturated heterocycles. The summed E-state index contributed by atoms with van der Waals surface area (Å²) >= 11 is 0. The molecule has 0 unspecified atom stereocenters. The van der Waals surface area contributed by atoms with E-state index >= 15 is 0 Å². The fourth-order valence-electron chi connectivity index (χ4n) is 5.97. The average molecular weight is 727 g/mol. The summed E-state index contributed by atoms with van der Waals surface area (Å²) in [6.45, 7) is -3.08. The number of ether oxygens (including phenoxy) is 8. The highest BCUT2D eigenvalue weighted by Gasteiger charge is 2.62. The van der Waals surface area contributed by atoms with E-state index in [1.54, 1.807) is 0 Å². The van der Waals surface area contributed by atoms with E-state index < -0.39 is 159 Å². The zero-order chi connectivity index (χ0) is 35.2. The molecule has 0 aromatic carbocycles. The van der Waals surface area contributed by atoms with E-state index in [4.69, 9.17) is 42.1 Å². The molecule has 5 heterocycles. The second-order valence-electron chi connectivity index (χ2n) is 12.0. The Morgan fingerprint density at radius 2 is 0.979 bits per heavy atom. The van der Waals surface area contributed by atoms with Gasteiger partial charge in [0.2, 0.25) is 0 Å². The Morgan fingerprint density at radius 3 is 1.58 bits per heavy atom. The lowest BCUT2D eigenvalue weighted by Gasteiger charge is -2.47. The highest BCUT2D eigenvalue weighted by atomic mass is 32.2. The first kappa shape index (κ1) is 38.4. The monoisotopic (exact) mass is 726 g/mol. The topological polar surface area (TPSA) is 343 Å². The van der Waals surface area contributed by atoms with Crippen LogP contribution >= 0.6 is 0 Å². The van der Waals surface area contributed by atoms with Crippen LogP contribution in [0.2, 0.25) is 0 Å². The summed E-state index contributed by atoms with van der Waals surface area (Å²) in [6, 6.07) is 0. The molecule has 0 aromatic heterocycles. The number of aliphatic hydroxyl groups excluding tert-OH is 11. The van der Waals surface area contributed by atoms with Crippen LogP contribution in [0.3, 0.4) is 0 Å². The molecule has 5 aliphatic heterocycles. The van der Waals surface area contributed by atoms with Gasteiger partial charge in [-0.15, -0.1) is 0 Å². The maximum absolute atomic E-state index is 11.8. The molecule has 5 rings (SSSR count). The lowest BCUT2D eigenvalue weighted by molar-refractivity contribution is -0.369. The van der Waals surface area contributed by atoms with Crippen molar-refractivity contribution in [3.8, 4) is 0 Å². The molecule has 5 fully saturated rings. The fourth-order valence-corrected chi connectivity index (χ4v) is 6.35. The smallest absolute Gasteiger partial charge is 0.264 e. The molecule has 0 aromatic rings. The summed E-state index contributed by atoms with van der Waals surface area (Å²) in [4.78, 5) is 0. The molecule has 0 aliphatic carbocycles. The van der Waals surface area contributed by atoms with Crippen LogP contribution in [0.4, 0.5) is 0 Å². The molecule has 5 aliphatic rings. The van der Waals surface area contributed by atoms with E-state index in [1.165, 1.54) is 0 Å². The Morgan fingerprint density at radius 1 is 0.500 bits per heavy atom. The molecular weight excluding hydrogens is 684 g/mol. The van der Waals surface area contributed by atoms with Gasteiger partial charge in [-0.05, 0) is 0 Å². The highest BCUT2D eigenvalue weighted by molar-refractivity contribution is 7.85. The first-order chi connectivity index (χ1) is 22.6. The molecular formula is C25H42O22S. The summed E-state index contributed by atoms with van der Waals surface area (Å²) in [6.07, 6.45) is -30.7. The second-order valence-corrected chi connectivity index (χ2v) is 13.7. The van der Waals surface area contributed by atoms with E-state index in [0.717, 1.165) is 6.26 Å². The van der Waals surface area contributed by atoms with Crippen molar-refractivity contribution in [2.24, 2.45) is 0 Å². The third kappa shape index (κ3) is 7.96. The van der Waals surface area contributed by atoms with E-state index in [1.807, 2.05) is 0 Å². The molecule has 48 heavy (non-hydrogen) atoms. The van der Waals surface area contributed by atoms with Gasteiger partial charge in [0.1, 0.15) is 97.7 Å². The Hall–Kier alpha value is -0.850. The van der Waals surface area contributed by atoms with Crippen molar-refractivity contribution >= 4 is 10.1 Å². The van der Waals surface area contributed by atoms with Gasteiger partial charge < -0.3 is 94.1 Å². The molecule has 20 atom stereocenters. The SMILES string of the molecule is CS(=O)(=O)OC[C@H]1O[C@H](O[C@H]2[C@H](O)[C@@H](O)[C@@H](O)O[C@@H]2CO)[C@H](O)[C@@H](O)[C@@H]1O[C@H]1O[C@H](CO)[C@@H](O[C@H]2O[C@H](CO)[C@@H](O)[C@H](O)[C@H]2O)[C@@H]2O[C@H]12. The second kappa shape index (κ2) is 15.4. The van der Waals surface area contributed by atoms with Crippen molar-refractivity contribution in [1.82, 2.24) is 0 Å². The Bertz CT molecular complexity index is 1160. The molecule has 11 N–H and O–H groups in total. The number of epoxide rings is 1. The van der Waals surface area contributed by atoms with Gasteiger partial charge in [-0.1, -0.05) is 0 Å². The van der Waals surface area contributed by atoms with Crippen LogP contribution in [0.5, 0.6) is 0 Å². The van der Waals surface area contributed by atoms with Crippen molar-refractivity contribution in [1.29, 1.82) is 0 Å². The Kier molecular flexibility index (Phi) is 12.3. The fraction of sp³-hybridized carbons (Fsp3) is 1.00. The number of aliphatic hydroxyl groups is 11. The first-order valence-corrected chi connectivity index (χ1v) is 16.8. The molecule has 0 saturated carbocycles. The number of fused-ring (bicyclic) bond motifs is 1. The van der Waals surface area contributed by atoms with Crippen LogP contribution in [0, 0.1) is 0 Å². The highest BCUT2D eigenvalue weighted by Crippen LogP contribution is 2.42. The minimum atomic E-state index is -4.11. The number of hydrogen-bond donors (Lipinski definition) is 11. The van der Waals surface area contributed by atoms with Gasteiger partial charge in [0.15, 0.2) is 25.2 Å². The zero-order valence-electron chi connectivity index (χ0n) is 25.2. The maximum Gasteiger partial charge on any atom is 0.264 e. The zero-order valence-corrected chi connectivity index (χ0v) is 26.0. The van der Waals surface area contributed by atoms with Gasteiger partial charge in [0.25, 0.3) is 10.1 Å². The van der Waals surface area contributed by atoms with Crippen LogP contribution in [-0.4, -0.2) is 220 Å². The molecule has 0 spiro atoms. The third-order valence-corrected chi connectivity index (χ3v) is 9.22. The van der Waals surface area contributed by atoms with Gasteiger partial charge in [0.05, 0.1) is 32.7 Å². The average Bonchev–Trinajstić information content (AvgIpc) is 3.85. The number of rotatable bonds is 12. The van der Waals surface area contributed by atoms with Gasteiger partial charge in [-0.25, -0.2) is 0 Å². The van der Waals surface area contributed by atoms with Crippen molar-refractivity contribution in [3.05, 3.63) is 0 Å². The largest absolute Gasteiger partial charge is 0.394 e. The molecule has 280 valence electrons. The summed E-state index contributed by atoms with van der Waals surface area (Å²) in [5.41, 5.74) is 0. The summed E-state index contributed by atoms with van der Waals surface area (Å²) in [5, 5.41) is 112. The van der Waals surface area contributed by atoms with Crippen LogP contribution in [0.25, 0.3) is 0 Å². The maximum atomic E-state index is 11.8. The van der Waals surface area contributed by atoms with Crippen LogP contribution in [0.1, 0.15) is 0 Å². The third-order valence-electron chi connectivity index (χ3n) is 8.66. The van der Waals surface area contributed by atoms with E-state index in [2.05, 4.69) is 0 Å². The van der Waals surface area contributed by atoms with Gasteiger partial charge in [0, 0.05) is 0 Å². The van der Waals surface area contributed by atoms with Crippen molar-refractivity contribution < 1.29 is 107 Å². The molecule has 22 nitrogen and oxygen atoms in total. The predicted molar refractivity (Wildman–Crippen MR) is 144 cm³/mol. The van der Waals surface area contributed by atoms with Crippen molar-refractivity contribution in [3.63, 3.8) is 0 Å². The minimum Gasteiger partial charge on any atom is -0.394 e. The molecule has 0 radical (unpaired) electrons. The van der Waals surface area contributed by atoms with Gasteiger partial charge >= 0.3 is 0 Å². The minimum absolute atomic E-state index is 0.719. The van der Waals surface area contributed by atoms with Crippen LogP contribution in [0.15, 0.2) is 0 Å². The van der Waals surface area contributed by atoms with E-state index in [0.29, 0.717) is 0 Å². The van der Waals surface area contributed by atoms with Gasteiger partial charge in [-0.2, -0.15) is 8.42 Å². The lowest BCUT2D eigenvalue weighted by atomic mass is 9.96. The van der Waals surface area contributed by atoms with Gasteiger partial charge in [-0.3, -0.25) is 4.18 Å². The summed E-state index contributed by atoms with van der Waals surface area (Å²) in [7, 11) is -4.11. The quantitative estimate of drug-likeness (QED) is 0.0657.